The van der Waals surface area contributed by atoms with E-state index in [0.29, 0.717) is 12.3 Å². The summed E-state index contributed by atoms with van der Waals surface area (Å²) in [7, 11) is 1.73. The van der Waals surface area contributed by atoms with Gasteiger partial charge in [0.05, 0.1) is 6.10 Å². The molecule has 0 bridgehead atoms. The van der Waals surface area contributed by atoms with Crippen molar-refractivity contribution in [1.29, 1.82) is 0 Å². The van der Waals surface area contributed by atoms with Crippen LogP contribution in [0.25, 0.3) is 0 Å². The maximum absolute atomic E-state index is 11.6. The number of methoxy groups -OCH3 is 1. The molecule has 0 aliphatic carbocycles. The van der Waals surface area contributed by atoms with E-state index < -0.39 is 0 Å². The average Bonchev–Trinajstić information content (AvgIpc) is 2.21. The largest absolute Gasteiger partial charge is 0.460 e. The summed E-state index contributed by atoms with van der Waals surface area (Å²) in [5, 5.41) is 0. The number of hydrogen-bond donors (Lipinski definition) is 0. The first kappa shape index (κ1) is 16.4. The number of ether oxygens (including phenoxy) is 2. The molecule has 102 valence electrons. The van der Waals surface area contributed by atoms with Gasteiger partial charge in [-0.15, -0.1) is 0 Å². The summed E-state index contributed by atoms with van der Waals surface area (Å²) in [6.07, 6.45) is 3.75. The van der Waals surface area contributed by atoms with E-state index in [1.165, 1.54) is 0 Å². The van der Waals surface area contributed by atoms with E-state index in [0.717, 1.165) is 19.3 Å². The van der Waals surface area contributed by atoms with Crippen molar-refractivity contribution in [3.8, 4) is 0 Å². The van der Waals surface area contributed by atoms with Gasteiger partial charge in [-0.3, -0.25) is 4.79 Å². The van der Waals surface area contributed by atoms with Gasteiger partial charge < -0.3 is 9.47 Å². The first-order chi connectivity index (χ1) is 7.78. The molecule has 0 amide bonds. The zero-order valence-corrected chi connectivity index (χ0v) is 12.2. The SMILES string of the molecule is CC[C@@H](CCC(=O)OC(C)(C)C)CC(C)OC. The smallest absolute Gasteiger partial charge is 0.306 e. The van der Waals surface area contributed by atoms with Gasteiger partial charge in [0.25, 0.3) is 0 Å². The van der Waals surface area contributed by atoms with Crippen molar-refractivity contribution >= 4 is 5.97 Å². The quantitative estimate of drug-likeness (QED) is 0.642. The Morgan fingerprint density at radius 1 is 1.29 bits per heavy atom. The van der Waals surface area contributed by atoms with Gasteiger partial charge in [0.15, 0.2) is 0 Å². The van der Waals surface area contributed by atoms with Gasteiger partial charge in [0.2, 0.25) is 0 Å². The fourth-order valence-corrected chi connectivity index (χ4v) is 1.77. The molecule has 0 rings (SSSR count). The molecule has 0 aliphatic rings. The third kappa shape index (κ3) is 9.16. The van der Waals surface area contributed by atoms with Crippen molar-refractivity contribution in [3.63, 3.8) is 0 Å². The fourth-order valence-electron chi connectivity index (χ4n) is 1.77. The molecule has 0 aromatic rings. The standard InChI is InChI=1S/C14H28O3/c1-7-12(10-11(2)16-6)8-9-13(15)17-14(3,4)5/h11-12H,7-10H2,1-6H3/t11?,12-/m0/s1. The summed E-state index contributed by atoms with van der Waals surface area (Å²) in [5.41, 5.74) is -0.376. The normalized spacial score (nSPS) is 15.4. The van der Waals surface area contributed by atoms with E-state index in [1.54, 1.807) is 7.11 Å². The van der Waals surface area contributed by atoms with Crippen LogP contribution in [0.2, 0.25) is 0 Å². The van der Waals surface area contributed by atoms with Crippen molar-refractivity contribution in [3.05, 3.63) is 0 Å². The molecule has 0 aromatic carbocycles. The van der Waals surface area contributed by atoms with Crippen molar-refractivity contribution in [2.45, 2.75) is 72.0 Å². The predicted molar refractivity (Wildman–Crippen MR) is 69.9 cm³/mol. The first-order valence-corrected chi connectivity index (χ1v) is 6.53. The molecule has 3 nitrogen and oxygen atoms in total. The Kier molecular flexibility index (Phi) is 7.44. The highest BCUT2D eigenvalue weighted by molar-refractivity contribution is 5.69. The number of esters is 1. The Labute approximate surface area is 106 Å². The van der Waals surface area contributed by atoms with Crippen molar-refractivity contribution in [1.82, 2.24) is 0 Å². The lowest BCUT2D eigenvalue weighted by atomic mass is 9.94. The summed E-state index contributed by atoms with van der Waals surface area (Å²) in [6.45, 7) is 9.91. The number of carbonyl (C=O) groups excluding carboxylic acids is 1. The molecule has 0 saturated heterocycles. The minimum absolute atomic E-state index is 0.0963. The van der Waals surface area contributed by atoms with Crippen molar-refractivity contribution < 1.29 is 14.3 Å². The highest BCUT2D eigenvalue weighted by Gasteiger charge is 2.18. The molecule has 0 aliphatic heterocycles. The molecular formula is C14H28O3. The fraction of sp³-hybridized carbons (Fsp3) is 0.929. The molecule has 0 N–H and O–H groups in total. The van der Waals surface area contributed by atoms with Gasteiger partial charge in [0, 0.05) is 13.5 Å². The van der Waals surface area contributed by atoms with Gasteiger partial charge in [-0.1, -0.05) is 13.3 Å². The van der Waals surface area contributed by atoms with Crippen LogP contribution in [0.15, 0.2) is 0 Å². The van der Waals surface area contributed by atoms with Crippen LogP contribution in [0.3, 0.4) is 0 Å². The highest BCUT2D eigenvalue weighted by Crippen LogP contribution is 2.20. The maximum atomic E-state index is 11.6. The molecular weight excluding hydrogens is 216 g/mol. The summed E-state index contributed by atoms with van der Waals surface area (Å²) < 4.78 is 10.5. The van der Waals surface area contributed by atoms with Crippen LogP contribution >= 0.6 is 0 Å². The van der Waals surface area contributed by atoms with E-state index >= 15 is 0 Å². The Morgan fingerprint density at radius 2 is 1.88 bits per heavy atom. The molecule has 1 unspecified atom stereocenters. The van der Waals surface area contributed by atoms with Gasteiger partial charge in [-0.2, -0.15) is 0 Å². The molecule has 0 fully saturated rings. The third-order valence-electron chi connectivity index (χ3n) is 2.82. The number of rotatable bonds is 7. The molecule has 0 spiro atoms. The molecule has 3 heteroatoms. The Bertz CT molecular complexity index is 218. The molecule has 0 heterocycles. The van der Waals surface area contributed by atoms with Gasteiger partial charge in [-0.25, -0.2) is 0 Å². The maximum Gasteiger partial charge on any atom is 0.306 e. The lowest BCUT2D eigenvalue weighted by Crippen LogP contribution is -2.24. The van der Waals surface area contributed by atoms with E-state index in [4.69, 9.17) is 9.47 Å². The Hall–Kier alpha value is -0.570. The van der Waals surface area contributed by atoms with E-state index in [9.17, 15) is 4.79 Å². The molecule has 17 heavy (non-hydrogen) atoms. The van der Waals surface area contributed by atoms with Gasteiger partial charge in [0.1, 0.15) is 5.60 Å². The Morgan fingerprint density at radius 3 is 2.29 bits per heavy atom. The van der Waals surface area contributed by atoms with Gasteiger partial charge in [-0.05, 0) is 46.5 Å². The van der Waals surface area contributed by atoms with E-state index in [2.05, 4.69) is 13.8 Å². The lowest BCUT2D eigenvalue weighted by Gasteiger charge is -2.21. The molecule has 0 radical (unpaired) electrons. The summed E-state index contributed by atoms with van der Waals surface area (Å²) in [4.78, 5) is 11.6. The van der Waals surface area contributed by atoms with Crippen LogP contribution in [-0.4, -0.2) is 24.8 Å². The van der Waals surface area contributed by atoms with Crippen LogP contribution in [0.1, 0.15) is 60.3 Å². The lowest BCUT2D eigenvalue weighted by molar-refractivity contribution is -0.155. The van der Waals surface area contributed by atoms with E-state index in [-0.39, 0.29) is 17.7 Å². The third-order valence-corrected chi connectivity index (χ3v) is 2.82. The molecule has 0 saturated carbocycles. The van der Waals surface area contributed by atoms with Crippen LogP contribution in [0.4, 0.5) is 0 Å². The minimum atomic E-state index is -0.376. The zero-order valence-electron chi connectivity index (χ0n) is 12.2. The summed E-state index contributed by atoms with van der Waals surface area (Å²) in [6, 6.07) is 0. The number of hydrogen-bond acceptors (Lipinski definition) is 3. The Balaban J connectivity index is 3.94. The molecule has 0 aromatic heterocycles. The van der Waals surface area contributed by atoms with E-state index in [1.807, 2.05) is 20.8 Å². The second-order valence-corrected chi connectivity index (χ2v) is 5.68. The summed E-state index contributed by atoms with van der Waals surface area (Å²) >= 11 is 0. The first-order valence-electron chi connectivity index (χ1n) is 6.53. The second-order valence-electron chi connectivity index (χ2n) is 5.68. The van der Waals surface area contributed by atoms with Crippen molar-refractivity contribution in [2.24, 2.45) is 5.92 Å². The predicted octanol–water partition coefficient (Wildman–Crippen LogP) is 3.56. The second kappa shape index (κ2) is 7.70. The average molecular weight is 244 g/mol. The summed E-state index contributed by atoms with van der Waals surface area (Å²) in [5.74, 6) is 0.443. The minimum Gasteiger partial charge on any atom is -0.460 e. The van der Waals surface area contributed by atoms with Crippen LogP contribution < -0.4 is 0 Å². The highest BCUT2D eigenvalue weighted by atomic mass is 16.6. The van der Waals surface area contributed by atoms with Crippen LogP contribution in [0.5, 0.6) is 0 Å². The number of carbonyl (C=O) groups is 1. The van der Waals surface area contributed by atoms with Gasteiger partial charge >= 0.3 is 5.97 Å². The molecule has 2 atom stereocenters. The van der Waals surface area contributed by atoms with Crippen LogP contribution in [-0.2, 0) is 14.3 Å². The van der Waals surface area contributed by atoms with Crippen LogP contribution in [0, 0.1) is 5.92 Å². The monoisotopic (exact) mass is 244 g/mol. The zero-order chi connectivity index (χ0) is 13.5. The topological polar surface area (TPSA) is 35.5 Å². The van der Waals surface area contributed by atoms with Crippen molar-refractivity contribution in [2.75, 3.05) is 7.11 Å².